The van der Waals surface area contributed by atoms with Crippen molar-refractivity contribution in [2.45, 2.75) is 17.7 Å². The highest BCUT2D eigenvalue weighted by atomic mass is 32.2. The summed E-state index contributed by atoms with van der Waals surface area (Å²) >= 11 is 0. The number of benzene rings is 1. The zero-order valence-corrected chi connectivity index (χ0v) is 11.4. The molecule has 6 nitrogen and oxygen atoms in total. The Labute approximate surface area is 116 Å². The third kappa shape index (κ3) is 2.57. The maximum Gasteiger partial charge on any atom is 0.264 e. The van der Waals surface area contributed by atoms with Crippen LogP contribution in [0.5, 0.6) is 5.75 Å². The van der Waals surface area contributed by atoms with Gasteiger partial charge in [0.15, 0.2) is 0 Å². The second-order valence-corrected chi connectivity index (χ2v) is 6.08. The Morgan fingerprint density at radius 3 is 2.80 bits per heavy atom. The van der Waals surface area contributed by atoms with Gasteiger partial charge in [0.2, 0.25) is 5.95 Å². The molecule has 1 aromatic carbocycles. The van der Waals surface area contributed by atoms with E-state index in [1.54, 1.807) is 18.2 Å². The molecule has 1 aliphatic heterocycles. The fraction of sp³-hybridized carbons (Fsp3) is 0.231. The van der Waals surface area contributed by atoms with E-state index in [0.717, 1.165) is 24.2 Å². The number of fused-ring (bicyclic) bond motifs is 1. The Hall–Kier alpha value is -2.15. The number of nitrogens with zero attached hydrogens (tertiary/aromatic N) is 2. The molecular weight excluding hydrogens is 278 g/mol. The van der Waals surface area contributed by atoms with Gasteiger partial charge in [0.25, 0.3) is 10.0 Å². The van der Waals surface area contributed by atoms with Crippen LogP contribution < -0.4 is 9.46 Å². The summed E-state index contributed by atoms with van der Waals surface area (Å²) in [5.74, 6) is 0.813. The third-order valence-corrected chi connectivity index (χ3v) is 4.31. The minimum atomic E-state index is -3.68. The summed E-state index contributed by atoms with van der Waals surface area (Å²) in [6.45, 7) is 0.676. The van der Waals surface area contributed by atoms with Crippen molar-refractivity contribution in [3.05, 3.63) is 42.2 Å². The number of hydrogen-bond acceptors (Lipinski definition) is 5. The molecule has 0 amide bonds. The highest BCUT2D eigenvalue weighted by Crippen LogP contribution is 2.27. The summed E-state index contributed by atoms with van der Waals surface area (Å²) in [5, 5.41) is 0. The van der Waals surface area contributed by atoms with Crippen LogP contribution in [0, 0.1) is 0 Å². The molecule has 0 bridgehead atoms. The van der Waals surface area contributed by atoms with E-state index < -0.39 is 10.0 Å². The van der Waals surface area contributed by atoms with Gasteiger partial charge in [0.05, 0.1) is 11.5 Å². The lowest BCUT2D eigenvalue weighted by molar-refractivity contribution is 0.288. The van der Waals surface area contributed by atoms with E-state index in [0.29, 0.717) is 6.61 Å². The second-order valence-electron chi connectivity index (χ2n) is 4.40. The molecule has 2 aromatic rings. The monoisotopic (exact) mass is 291 g/mol. The smallest absolute Gasteiger partial charge is 0.264 e. The topological polar surface area (TPSA) is 81.2 Å². The Kier molecular flexibility index (Phi) is 3.27. The molecule has 0 fully saturated rings. The van der Waals surface area contributed by atoms with Crippen molar-refractivity contribution in [3.8, 4) is 5.75 Å². The van der Waals surface area contributed by atoms with Crippen LogP contribution in [0.15, 0.2) is 41.6 Å². The number of sulfonamides is 1. The highest BCUT2D eigenvalue weighted by molar-refractivity contribution is 7.92. The zero-order chi connectivity index (χ0) is 14.0. The first-order valence-electron chi connectivity index (χ1n) is 6.21. The summed E-state index contributed by atoms with van der Waals surface area (Å²) in [4.78, 5) is 7.89. The number of ether oxygens (including phenoxy) is 1. The van der Waals surface area contributed by atoms with Gasteiger partial charge < -0.3 is 4.74 Å². The van der Waals surface area contributed by atoms with Crippen LogP contribution in [0.3, 0.4) is 0 Å². The fourth-order valence-corrected chi connectivity index (χ4v) is 3.04. The summed E-state index contributed by atoms with van der Waals surface area (Å²) in [6.07, 6.45) is 4.67. The van der Waals surface area contributed by atoms with Crippen LogP contribution >= 0.6 is 0 Å². The molecule has 0 saturated heterocycles. The summed E-state index contributed by atoms with van der Waals surface area (Å²) in [6, 6.07) is 6.47. The van der Waals surface area contributed by atoms with Gasteiger partial charge in [-0.15, -0.1) is 0 Å². The molecule has 0 unspecified atom stereocenters. The largest absolute Gasteiger partial charge is 0.493 e. The van der Waals surface area contributed by atoms with E-state index in [1.807, 2.05) is 0 Å². The Balaban J connectivity index is 1.91. The molecule has 7 heteroatoms. The van der Waals surface area contributed by atoms with Gasteiger partial charge in [-0.3, -0.25) is 0 Å². The number of hydrogen-bond donors (Lipinski definition) is 1. The lowest BCUT2D eigenvalue weighted by Crippen LogP contribution is -2.16. The number of anilines is 1. The first-order chi connectivity index (χ1) is 9.65. The van der Waals surface area contributed by atoms with Crippen molar-refractivity contribution in [1.29, 1.82) is 0 Å². The number of aryl methyl sites for hydroxylation is 1. The third-order valence-electron chi connectivity index (χ3n) is 2.98. The highest BCUT2D eigenvalue weighted by Gasteiger charge is 2.19. The van der Waals surface area contributed by atoms with Gasteiger partial charge in [0.1, 0.15) is 5.75 Å². The van der Waals surface area contributed by atoms with Gasteiger partial charge in [-0.05, 0) is 42.7 Å². The van der Waals surface area contributed by atoms with Crippen LogP contribution in [0.1, 0.15) is 12.0 Å². The summed E-state index contributed by atoms with van der Waals surface area (Å²) < 4.78 is 32.3. The Bertz CT molecular complexity index is 717. The number of rotatable bonds is 3. The molecule has 0 saturated carbocycles. The number of nitrogens with one attached hydrogen (secondary N) is 1. The molecule has 0 radical (unpaired) electrons. The summed E-state index contributed by atoms with van der Waals surface area (Å²) in [7, 11) is -3.68. The van der Waals surface area contributed by atoms with Crippen molar-refractivity contribution < 1.29 is 13.2 Å². The molecule has 1 aliphatic rings. The van der Waals surface area contributed by atoms with Gasteiger partial charge in [-0.1, -0.05) is 0 Å². The standard InChI is InChI=1S/C13H13N3O3S/c17-20(18,16-13-14-6-2-7-15-13)11-4-5-12-10(9-11)3-1-8-19-12/h2,4-7,9H,1,3,8H2,(H,14,15,16). The SMILES string of the molecule is O=S(=O)(Nc1ncccn1)c1ccc2c(c1)CCCO2. The molecule has 2 heterocycles. The van der Waals surface area contributed by atoms with E-state index in [1.165, 1.54) is 18.5 Å². The first-order valence-corrected chi connectivity index (χ1v) is 7.69. The van der Waals surface area contributed by atoms with E-state index in [4.69, 9.17) is 4.74 Å². The zero-order valence-electron chi connectivity index (χ0n) is 10.6. The van der Waals surface area contributed by atoms with E-state index >= 15 is 0 Å². The maximum atomic E-state index is 12.3. The first kappa shape index (κ1) is 12.9. The minimum absolute atomic E-state index is 0.0569. The lowest BCUT2D eigenvalue weighted by atomic mass is 10.1. The molecule has 0 spiro atoms. The minimum Gasteiger partial charge on any atom is -0.493 e. The molecule has 0 atom stereocenters. The predicted octanol–water partition coefficient (Wildman–Crippen LogP) is 1.60. The van der Waals surface area contributed by atoms with Gasteiger partial charge >= 0.3 is 0 Å². The van der Waals surface area contributed by atoms with Crippen molar-refractivity contribution in [1.82, 2.24) is 9.97 Å². The van der Waals surface area contributed by atoms with Gasteiger partial charge in [0, 0.05) is 12.4 Å². The van der Waals surface area contributed by atoms with Crippen LogP contribution in [-0.2, 0) is 16.4 Å². The second kappa shape index (κ2) is 5.09. The molecule has 1 N–H and O–H groups in total. The van der Waals surface area contributed by atoms with Gasteiger partial charge in [-0.2, -0.15) is 0 Å². The molecule has 3 rings (SSSR count). The predicted molar refractivity (Wildman–Crippen MR) is 73.1 cm³/mol. The van der Waals surface area contributed by atoms with Gasteiger partial charge in [-0.25, -0.2) is 23.1 Å². The Morgan fingerprint density at radius 1 is 1.20 bits per heavy atom. The lowest BCUT2D eigenvalue weighted by Gasteiger charge is -2.17. The van der Waals surface area contributed by atoms with Crippen molar-refractivity contribution >= 4 is 16.0 Å². The van der Waals surface area contributed by atoms with E-state index in [-0.39, 0.29) is 10.8 Å². The number of aromatic nitrogens is 2. The van der Waals surface area contributed by atoms with Crippen LogP contribution in [-0.4, -0.2) is 25.0 Å². The quantitative estimate of drug-likeness (QED) is 0.929. The molecular formula is C13H13N3O3S. The molecule has 1 aromatic heterocycles. The summed E-state index contributed by atoms with van der Waals surface area (Å²) in [5.41, 5.74) is 0.910. The average Bonchev–Trinajstić information content (AvgIpc) is 2.47. The molecule has 104 valence electrons. The normalized spacial score (nSPS) is 14.2. The maximum absolute atomic E-state index is 12.3. The van der Waals surface area contributed by atoms with Crippen molar-refractivity contribution in [3.63, 3.8) is 0 Å². The molecule has 20 heavy (non-hydrogen) atoms. The van der Waals surface area contributed by atoms with Crippen LogP contribution in [0.25, 0.3) is 0 Å². The fourth-order valence-electron chi connectivity index (χ4n) is 2.03. The average molecular weight is 291 g/mol. The van der Waals surface area contributed by atoms with Crippen LogP contribution in [0.2, 0.25) is 0 Å². The van der Waals surface area contributed by atoms with Crippen LogP contribution in [0.4, 0.5) is 5.95 Å². The van der Waals surface area contributed by atoms with Crippen molar-refractivity contribution in [2.75, 3.05) is 11.3 Å². The molecule has 0 aliphatic carbocycles. The van der Waals surface area contributed by atoms with Crippen molar-refractivity contribution in [2.24, 2.45) is 0 Å². The van der Waals surface area contributed by atoms with E-state index in [2.05, 4.69) is 14.7 Å². The van der Waals surface area contributed by atoms with E-state index in [9.17, 15) is 8.42 Å². The Morgan fingerprint density at radius 2 is 2.00 bits per heavy atom.